The fourth-order valence-corrected chi connectivity index (χ4v) is 11.1. The Morgan fingerprint density at radius 2 is 1.06 bits per heavy atom. The fraction of sp³-hybridized carbons (Fsp3) is 0.500. The second-order valence-electron chi connectivity index (χ2n) is 4.31. The van der Waals surface area contributed by atoms with Crippen LogP contribution in [0.3, 0.4) is 0 Å². The van der Waals surface area contributed by atoms with Crippen molar-refractivity contribution in [2.75, 3.05) is 11.5 Å². The normalized spacial score (nSPS) is 32.0. The molecule has 96 valence electrons. The van der Waals surface area contributed by atoms with Crippen LogP contribution in [0.25, 0.3) is 0 Å². The highest BCUT2D eigenvalue weighted by Gasteiger charge is 2.31. The van der Waals surface area contributed by atoms with Crippen LogP contribution in [0.1, 0.15) is 25.7 Å². The smallest absolute Gasteiger partial charge is 0.0708 e. The third-order valence-electron chi connectivity index (χ3n) is 2.99. The Balaban J connectivity index is 1.54. The molecule has 0 atom stereocenters. The maximum Gasteiger partial charge on any atom is 0.0708 e. The molecule has 0 amide bonds. The van der Waals surface area contributed by atoms with Crippen LogP contribution in [-0.4, -0.2) is 11.5 Å². The van der Waals surface area contributed by atoms with Gasteiger partial charge in [0.05, 0.1) is 16.9 Å². The Hall–Kier alpha value is 1.32. The van der Waals surface area contributed by atoms with Gasteiger partial charge in [-0.25, -0.2) is 0 Å². The van der Waals surface area contributed by atoms with Gasteiger partial charge in [0.15, 0.2) is 0 Å². The van der Waals surface area contributed by atoms with Gasteiger partial charge in [0.2, 0.25) is 0 Å². The van der Waals surface area contributed by atoms with Gasteiger partial charge in [0.25, 0.3) is 0 Å². The van der Waals surface area contributed by atoms with Crippen molar-refractivity contribution in [1.29, 1.82) is 0 Å². The van der Waals surface area contributed by atoms with E-state index in [1.54, 1.807) is 26.8 Å². The van der Waals surface area contributed by atoms with Gasteiger partial charge in [0, 0.05) is 9.81 Å². The average molecular weight is 349 g/mol. The van der Waals surface area contributed by atoms with Crippen molar-refractivity contribution in [3.63, 3.8) is 0 Å². The van der Waals surface area contributed by atoms with Gasteiger partial charge in [-0.05, 0) is 37.2 Å². The van der Waals surface area contributed by atoms with Crippen LogP contribution < -0.4 is 0 Å². The molecule has 4 rings (SSSR count). The number of thioether (sulfide) groups is 6. The fourth-order valence-electron chi connectivity index (χ4n) is 2.12. The SMILES string of the molecule is C1CSC2=C(C1)S/C(=C1\SC3=C(SCCC3)S1)S2. The van der Waals surface area contributed by atoms with E-state index < -0.39 is 0 Å². The molecule has 18 heavy (non-hydrogen) atoms. The van der Waals surface area contributed by atoms with Crippen molar-refractivity contribution in [3.8, 4) is 0 Å². The maximum atomic E-state index is 2.07. The third-order valence-corrected chi connectivity index (χ3v) is 12.0. The van der Waals surface area contributed by atoms with E-state index in [1.165, 1.54) is 37.2 Å². The quantitative estimate of drug-likeness (QED) is 0.489. The van der Waals surface area contributed by atoms with Gasteiger partial charge < -0.3 is 0 Å². The summed E-state index contributed by atoms with van der Waals surface area (Å²) in [5.74, 6) is 2.64. The molecule has 0 fully saturated rings. The summed E-state index contributed by atoms with van der Waals surface area (Å²) < 4.78 is 6.35. The molecule has 0 aromatic rings. The van der Waals surface area contributed by atoms with Crippen molar-refractivity contribution < 1.29 is 0 Å². The molecule has 0 unspecified atom stereocenters. The van der Waals surface area contributed by atoms with Crippen LogP contribution >= 0.6 is 70.6 Å². The van der Waals surface area contributed by atoms with Crippen molar-refractivity contribution in [2.45, 2.75) is 25.7 Å². The highest BCUT2D eigenvalue weighted by atomic mass is 32.2. The highest BCUT2D eigenvalue weighted by Crippen LogP contribution is 2.65. The van der Waals surface area contributed by atoms with E-state index in [2.05, 4.69) is 47.0 Å². The number of hydrogen-bond acceptors (Lipinski definition) is 6. The summed E-state index contributed by atoms with van der Waals surface area (Å²) in [4.78, 5) is 3.30. The van der Waals surface area contributed by atoms with Crippen molar-refractivity contribution >= 4 is 70.6 Å². The lowest BCUT2D eigenvalue weighted by Crippen LogP contribution is -1.88. The minimum Gasteiger partial charge on any atom is -0.118 e. The number of rotatable bonds is 0. The molecule has 0 aliphatic carbocycles. The van der Waals surface area contributed by atoms with E-state index in [0.717, 1.165) is 0 Å². The maximum absolute atomic E-state index is 2.07. The Morgan fingerprint density at radius 1 is 0.556 bits per heavy atom. The zero-order chi connectivity index (χ0) is 11.9. The molecule has 0 saturated heterocycles. The molecular formula is C12H12S6. The summed E-state index contributed by atoms with van der Waals surface area (Å²) >= 11 is 12.4. The lowest BCUT2D eigenvalue weighted by Gasteiger charge is -2.09. The van der Waals surface area contributed by atoms with Crippen molar-refractivity contribution in [2.24, 2.45) is 0 Å². The van der Waals surface area contributed by atoms with E-state index >= 15 is 0 Å². The molecule has 0 spiro atoms. The van der Waals surface area contributed by atoms with Gasteiger partial charge in [-0.3, -0.25) is 0 Å². The van der Waals surface area contributed by atoms with Gasteiger partial charge in [-0.1, -0.05) is 47.0 Å². The Labute approximate surface area is 133 Å². The summed E-state index contributed by atoms with van der Waals surface area (Å²) in [7, 11) is 0. The van der Waals surface area contributed by atoms with Crippen LogP contribution in [0.2, 0.25) is 0 Å². The lowest BCUT2D eigenvalue weighted by atomic mass is 10.3. The molecule has 6 heteroatoms. The Bertz CT molecular complexity index is 403. The highest BCUT2D eigenvalue weighted by molar-refractivity contribution is 8.40. The summed E-state index contributed by atoms with van der Waals surface area (Å²) in [5.41, 5.74) is 0. The molecule has 0 nitrogen and oxygen atoms in total. The summed E-state index contributed by atoms with van der Waals surface area (Å²) in [6.07, 6.45) is 5.36. The van der Waals surface area contributed by atoms with E-state index in [1.807, 2.05) is 23.5 Å². The first kappa shape index (κ1) is 13.0. The molecule has 0 aromatic carbocycles. The molecule has 0 radical (unpaired) electrons. The first-order valence-electron chi connectivity index (χ1n) is 6.08. The number of hydrogen-bond donors (Lipinski definition) is 0. The van der Waals surface area contributed by atoms with Crippen LogP contribution in [0.5, 0.6) is 0 Å². The second kappa shape index (κ2) is 5.60. The average Bonchev–Trinajstić information content (AvgIpc) is 3.02. The van der Waals surface area contributed by atoms with Crippen molar-refractivity contribution in [3.05, 3.63) is 26.8 Å². The summed E-state index contributed by atoms with van der Waals surface area (Å²) in [5, 5.41) is 0. The molecule has 0 saturated carbocycles. The monoisotopic (exact) mass is 348 g/mol. The molecule has 4 aliphatic heterocycles. The molecular weight excluding hydrogens is 337 g/mol. The first-order valence-corrected chi connectivity index (χ1v) is 11.3. The van der Waals surface area contributed by atoms with Crippen LogP contribution in [0, 0.1) is 0 Å². The molecule has 4 aliphatic rings. The number of allylic oxidation sites excluding steroid dienone is 2. The van der Waals surface area contributed by atoms with Gasteiger partial charge in [-0.15, -0.1) is 23.5 Å². The van der Waals surface area contributed by atoms with E-state index in [-0.39, 0.29) is 0 Å². The zero-order valence-corrected chi connectivity index (χ0v) is 14.6. The van der Waals surface area contributed by atoms with Gasteiger partial charge in [-0.2, -0.15) is 0 Å². The zero-order valence-electron chi connectivity index (χ0n) is 9.69. The van der Waals surface area contributed by atoms with E-state index in [9.17, 15) is 0 Å². The Morgan fingerprint density at radius 3 is 1.50 bits per heavy atom. The first-order chi connectivity index (χ1) is 8.90. The van der Waals surface area contributed by atoms with Crippen molar-refractivity contribution in [1.82, 2.24) is 0 Å². The second-order valence-corrected chi connectivity index (χ2v) is 11.8. The third kappa shape index (κ3) is 2.46. The van der Waals surface area contributed by atoms with Crippen LogP contribution in [0.4, 0.5) is 0 Å². The van der Waals surface area contributed by atoms with Gasteiger partial charge >= 0.3 is 0 Å². The Kier molecular flexibility index (Phi) is 4.05. The van der Waals surface area contributed by atoms with E-state index in [0.29, 0.717) is 0 Å². The predicted octanol–water partition coefficient (Wildman–Crippen LogP) is 6.47. The van der Waals surface area contributed by atoms with E-state index in [4.69, 9.17) is 0 Å². The minimum absolute atomic E-state index is 1.31. The predicted molar refractivity (Wildman–Crippen MR) is 94.8 cm³/mol. The van der Waals surface area contributed by atoms with Gasteiger partial charge in [0.1, 0.15) is 0 Å². The molecule has 0 bridgehead atoms. The lowest BCUT2D eigenvalue weighted by molar-refractivity contribution is 0.953. The minimum atomic E-state index is 1.31. The molecule has 0 aromatic heterocycles. The summed E-state index contributed by atoms with van der Waals surface area (Å²) in [6, 6.07) is 0. The largest absolute Gasteiger partial charge is 0.118 e. The molecule has 4 heterocycles. The van der Waals surface area contributed by atoms with Crippen LogP contribution in [-0.2, 0) is 0 Å². The summed E-state index contributed by atoms with van der Waals surface area (Å²) in [6.45, 7) is 0. The molecule has 0 N–H and O–H groups in total. The topological polar surface area (TPSA) is 0 Å². The standard InChI is InChI=1S/C12H12S6/c1-3-7-9(13-5-1)17-11(15-7)12-16-8-4-2-6-14-10(8)18-12/h1-6H2/b12-11-. The van der Waals surface area contributed by atoms with Crippen LogP contribution in [0.15, 0.2) is 26.8 Å².